The molecule has 2 rings (SSSR count). The highest BCUT2D eigenvalue weighted by molar-refractivity contribution is 14.1. The molecular weight excluding hydrogens is 377 g/mol. The van der Waals surface area contributed by atoms with Crippen molar-refractivity contribution in [1.29, 1.82) is 0 Å². The fraction of sp³-hybridized carbons (Fsp3) is 0.538. The molecule has 0 aromatic heterocycles. The van der Waals surface area contributed by atoms with Crippen LogP contribution in [0.1, 0.15) is 18.9 Å². The summed E-state index contributed by atoms with van der Waals surface area (Å²) in [6, 6.07) is 8.86. The number of likely N-dealkylation sites (tertiary alicyclic amines) is 1. The Morgan fingerprint density at radius 3 is 2.69 bits per heavy atom. The Kier molecular flexibility index (Phi) is 4.67. The van der Waals surface area contributed by atoms with Crippen LogP contribution in [0.5, 0.6) is 0 Å². The summed E-state index contributed by atoms with van der Waals surface area (Å²) in [4.78, 5) is 3.20. The Morgan fingerprint density at radius 2 is 2.06 bits per heavy atom. The smallest absolute Gasteiger partial charge is 0.0299 e. The quantitative estimate of drug-likeness (QED) is 0.544. The normalized spacial score (nSPS) is 26.9. The highest BCUT2D eigenvalue weighted by Gasteiger charge is 2.23. The molecule has 0 saturated carbocycles. The second-order valence-electron chi connectivity index (χ2n) is 4.64. The van der Waals surface area contributed by atoms with Crippen molar-refractivity contribution in [3.05, 3.63) is 33.4 Å². The predicted molar refractivity (Wildman–Crippen MR) is 80.9 cm³/mol. The fourth-order valence-corrected chi connectivity index (χ4v) is 3.11. The van der Waals surface area contributed by atoms with Crippen molar-refractivity contribution in [3.8, 4) is 0 Å². The SMILES string of the molecule is CC1CCN(Cc2ccc(I)cc2)CC1Br. The first kappa shape index (κ1) is 12.8. The number of hydrogen-bond acceptors (Lipinski definition) is 1. The molecule has 0 aliphatic carbocycles. The Bertz CT molecular complexity index is 338. The van der Waals surface area contributed by atoms with E-state index in [0.29, 0.717) is 4.83 Å². The van der Waals surface area contributed by atoms with E-state index >= 15 is 0 Å². The first-order chi connectivity index (χ1) is 7.65. The van der Waals surface area contributed by atoms with Gasteiger partial charge in [0.25, 0.3) is 0 Å². The summed E-state index contributed by atoms with van der Waals surface area (Å²) < 4.78 is 1.31. The molecule has 2 atom stereocenters. The van der Waals surface area contributed by atoms with Gasteiger partial charge in [0.1, 0.15) is 0 Å². The Hall–Kier alpha value is 0.390. The summed E-state index contributed by atoms with van der Waals surface area (Å²) in [6.45, 7) is 5.83. The van der Waals surface area contributed by atoms with Gasteiger partial charge in [0, 0.05) is 21.5 Å². The molecule has 1 aliphatic heterocycles. The minimum Gasteiger partial charge on any atom is -0.298 e. The van der Waals surface area contributed by atoms with E-state index in [1.54, 1.807) is 0 Å². The van der Waals surface area contributed by atoms with Crippen molar-refractivity contribution in [2.75, 3.05) is 13.1 Å². The van der Waals surface area contributed by atoms with Gasteiger partial charge in [0.05, 0.1) is 0 Å². The molecule has 1 nitrogen and oxygen atoms in total. The van der Waals surface area contributed by atoms with Crippen LogP contribution in [0, 0.1) is 9.49 Å². The number of benzene rings is 1. The van der Waals surface area contributed by atoms with Gasteiger partial charge in [-0.3, -0.25) is 4.90 Å². The number of nitrogens with zero attached hydrogens (tertiary/aromatic N) is 1. The van der Waals surface area contributed by atoms with Crippen LogP contribution in [0.4, 0.5) is 0 Å². The minimum absolute atomic E-state index is 0.657. The number of piperidine rings is 1. The number of alkyl halides is 1. The second kappa shape index (κ2) is 5.83. The summed E-state index contributed by atoms with van der Waals surface area (Å²) in [5.41, 5.74) is 1.43. The monoisotopic (exact) mass is 393 g/mol. The second-order valence-corrected chi connectivity index (χ2v) is 7.07. The largest absolute Gasteiger partial charge is 0.298 e. The average Bonchev–Trinajstić information content (AvgIpc) is 2.27. The molecule has 2 unspecified atom stereocenters. The van der Waals surface area contributed by atoms with Crippen molar-refractivity contribution in [3.63, 3.8) is 0 Å². The van der Waals surface area contributed by atoms with E-state index in [1.165, 1.54) is 28.6 Å². The van der Waals surface area contributed by atoms with Crippen molar-refractivity contribution in [2.24, 2.45) is 5.92 Å². The topological polar surface area (TPSA) is 3.24 Å². The van der Waals surface area contributed by atoms with Crippen LogP contribution in [-0.2, 0) is 6.54 Å². The molecule has 0 radical (unpaired) electrons. The van der Waals surface area contributed by atoms with E-state index in [2.05, 4.69) is 74.6 Å². The van der Waals surface area contributed by atoms with Crippen molar-refractivity contribution in [2.45, 2.75) is 24.7 Å². The third-order valence-corrected chi connectivity index (χ3v) is 5.18. The standard InChI is InChI=1S/C13H17BrIN/c1-10-6-7-16(9-13(10)14)8-11-2-4-12(15)5-3-11/h2-5,10,13H,6-9H2,1H3. The van der Waals surface area contributed by atoms with Gasteiger partial charge in [0.15, 0.2) is 0 Å². The van der Waals surface area contributed by atoms with Gasteiger partial charge in [-0.15, -0.1) is 0 Å². The Balaban J connectivity index is 1.93. The zero-order chi connectivity index (χ0) is 11.5. The third-order valence-electron chi connectivity index (χ3n) is 3.27. The molecule has 1 saturated heterocycles. The van der Waals surface area contributed by atoms with E-state index < -0.39 is 0 Å². The minimum atomic E-state index is 0.657. The molecule has 1 aromatic rings. The lowest BCUT2D eigenvalue weighted by Crippen LogP contribution is -2.39. The molecule has 1 aromatic carbocycles. The third kappa shape index (κ3) is 3.44. The summed E-state index contributed by atoms with van der Waals surface area (Å²) in [7, 11) is 0. The lowest BCUT2D eigenvalue weighted by Gasteiger charge is -2.34. The maximum absolute atomic E-state index is 3.78. The van der Waals surface area contributed by atoms with Crippen molar-refractivity contribution in [1.82, 2.24) is 4.90 Å². The zero-order valence-electron chi connectivity index (χ0n) is 9.50. The molecule has 16 heavy (non-hydrogen) atoms. The zero-order valence-corrected chi connectivity index (χ0v) is 13.2. The van der Waals surface area contributed by atoms with Gasteiger partial charge < -0.3 is 0 Å². The lowest BCUT2D eigenvalue weighted by molar-refractivity contribution is 0.194. The summed E-state index contributed by atoms with van der Waals surface area (Å²) in [6.07, 6.45) is 1.31. The first-order valence-electron chi connectivity index (χ1n) is 5.76. The van der Waals surface area contributed by atoms with E-state index in [4.69, 9.17) is 0 Å². The number of hydrogen-bond donors (Lipinski definition) is 0. The fourth-order valence-electron chi connectivity index (χ4n) is 2.08. The predicted octanol–water partition coefficient (Wildman–Crippen LogP) is 3.90. The van der Waals surface area contributed by atoms with E-state index in [-0.39, 0.29) is 0 Å². The summed E-state index contributed by atoms with van der Waals surface area (Å²) in [5, 5.41) is 0. The molecule has 1 aliphatic rings. The highest BCUT2D eigenvalue weighted by Crippen LogP contribution is 2.24. The van der Waals surface area contributed by atoms with Crippen LogP contribution in [0.15, 0.2) is 24.3 Å². The van der Waals surface area contributed by atoms with Crippen LogP contribution in [0.25, 0.3) is 0 Å². The van der Waals surface area contributed by atoms with Crippen LogP contribution >= 0.6 is 38.5 Å². The van der Waals surface area contributed by atoms with E-state index in [0.717, 1.165) is 12.5 Å². The van der Waals surface area contributed by atoms with Gasteiger partial charge in [-0.05, 0) is 59.2 Å². The maximum Gasteiger partial charge on any atom is 0.0299 e. The van der Waals surface area contributed by atoms with Gasteiger partial charge >= 0.3 is 0 Å². The highest BCUT2D eigenvalue weighted by atomic mass is 127. The molecule has 0 amide bonds. The number of rotatable bonds is 2. The van der Waals surface area contributed by atoms with Gasteiger partial charge in [0.2, 0.25) is 0 Å². The van der Waals surface area contributed by atoms with Crippen LogP contribution < -0.4 is 0 Å². The van der Waals surface area contributed by atoms with Gasteiger partial charge in [-0.1, -0.05) is 35.0 Å². The average molecular weight is 394 g/mol. The number of halogens is 2. The van der Waals surface area contributed by atoms with E-state index in [9.17, 15) is 0 Å². The molecule has 0 N–H and O–H groups in total. The van der Waals surface area contributed by atoms with Crippen LogP contribution in [0.3, 0.4) is 0 Å². The molecule has 88 valence electrons. The lowest BCUT2D eigenvalue weighted by atomic mass is 9.98. The molecule has 1 heterocycles. The van der Waals surface area contributed by atoms with E-state index in [1.807, 2.05) is 0 Å². The van der Waals surface area contributed by atoms with Gasteiger partial charge in [-0.25, -0.2) is 0 Å². The molecule has 1 fully saturated rings. The summed E-state index contributed by atoms with van der Waals surface area (Å²) in [5.74, 6) is 0.813. The van der Waals surface area contributed by atoms with Crippen molar-refractivity contribution >= 4 is 38.5 Å². The maximum atomic E-state index is 3.78. The molecule has 0 bridgehead atoms. The van der Waals surface area contributed by atoms with Crippen molar-refractivity contribution < 1.29 is 0 Å². The van der Waals surface area contributed by atoms with Crippen LogP contribution in [0.2, 0.25) is 0 Å². The summed E-state index contributed by atoms with van der Waals surface area (Å²) >= 11 is 6.13. The molecule has 3 heteroatoms. The van der Waals surface area contributed by atoms with Gasteiger partial charge in [-0.2, -0.15) is 0 Å². The Labute approximate surface area is 120 Å². The van der Waals surface area contributed by atoms with Crippen LogP contribution in [-0.4, -0.2) is 22.8 Å². The molecular formula is C13H17BrIN. The first-order valence-corrected chi connectivity index (χ1v) is 7.75. The molecule has 0 spiro atoms. The Morgan fingerprint density at radius 1 is 1.38 bits per heavy atom.